The van der Waals surface area contributed by atoms with E-state index in [0.717, 1.165) is 46.0 Å². The van der Waals surface area contributed by atoms with E-state index >= 15 is 0 Å². The molecule has 0 spiro atoms. The third-order valence-corrected chi connectivity index (χ3v) is 14.6. The summed E-state index contributed by atoms with van der Waals surface area (Å²) in [5, 5.41) is 0. The number of pyridine rings is 2. The number of aromatic nitrogens is 2. The van der Waals surface area contributed by atoms with Crippen molar-refractivity contribution in [3.05, 3.63) is 155 Å². The van der Waals surface area contributed by atoms with Gasteiger partial charge in [0, 0.05) is 0 Å². The van der Waals surface area contributed by atoms with E-state index in [1.165, 1.54) is 51.7 Å². The van der Waals surface area contributed by atoms with E-state index in [-0.39, 0.29) is 10.8 Å². The topological polar surface area (TPSA) is 35.0 Å². The maximum atomic E-state index is 7.22. The van der Waals surface area contributed by atoms with E-state index < -0.39 is 20.4 Å². The predicted octanol–water partition coefficient (Wildman–Crippen LogP) is 15.9. The number of hydrogen-bond donors (Lipinski definition) is 0. The van der Waals surface area contributed by atoms with Crippen molar-refractivity contribution in [1.29, 1.82) is 0 Å². The summed E-state index contributed by atoms with van der Waals surface area (Å²) in [6.45, 7) is 27.6. The molecule has 0 N–H and O–H groups in total. The summed E-state index contributed by atoms with van der Waals surface area (Å²) >= 11 is -0.839. The molecule has 0 atom stereocenters. The first-order chi connectivity index (χ1) is 28.4. The van der Waals surface area contributed by atoms with Crippen molar-refractivity contribution in [1.82, 2.24) is 9.97 Å². The van der Waals surface area contributed by atoms with E-state index in [9.17, 15) is 0 Å². The summed E-state index contributed by atoms with van der Waals surface area (Å²) in [5.41, 5.74) is 16.1. The van der Waals surface area contributed by atoms with Crippen LogP contribution in [0.15, 0.2) is 128 Å². The van der Waals surface area contributed by atoms with Crippen LogP contribution < -0.4 is 4.74 Å². The first-order valence-corrected chi connectivity index (χ1v) is 24.0. The summed E-state index contributed by atoms with van der Waals surface area (Å²) in [6.07, 6.45) is 4.90. The van der Waals surface area contributed by atoms with Crippen molar-refractivity contribution in [2.75, 3.05) is 0 Å². The van der Waals surface area contributed by atoms with Gasteiger partial charge in [-0.25, -0.2) is 0 Å². The summed E-state index contributed by atoms with van der Waals surface area (Å²) in [7, 11) is 0. The Balaban J connectivity index is 1.28. The fraction of sp³-hybridized carbons (Fsp3) is 0.321. The summed E-state index contributed by atoms with van der Waals surface area (Å²) < 4.78 is 9.88. The Labute approximate surface area is 370 Å². The maximum absolute atomic E-state index is 7.22. The van der Waals surface area contributed by atoms with Crippen LogP contribution in [0.3, 0.4) is 0 Å². The molecule has 3 nitrogen and oxygen atoms in total. The van der Waals surface area contributed by atoms with Crippen molar-refractivity contribution >= 4 is 20.4 Å². The minimum absolute atomic E-state index is 0.106. The van der Waals surface area contributed by atoms with Gasteiger partial charge in [0.1, 0.15) is 0 Å². The van der Waals surface area contributed by atoms with Crippen LogP contribution in [-0.2, 0) is 11.8 Å². The van der Waals surface area contributed by atoms with Gasteiger partial charge < -0.3 is 0 Å². The Morgan fingerprint density at radius 2 is 1.15 bits per heavy atom. The van der Waals surface area contributed by atoms with E-state index in [1.54, 1.807) is 0 Å². The van der Waals surface area contributed by atoms with Crippen LogP contribution in [0.25, 0.3) is 51.9 Å². The molecule has 0 radical (unpaired) electrons. The van der Waals surface area contributed by atoms with Gasteiger partial charge in [-0.1, -0.05) is 45.0 Å². The van der Waals surface area contributed by atoms with Crippen LogP contribution in [-0.4, -0.2) is 30.4 Å². The fourth-order valence-electron chi connectivity index (χ4n) is 7.89. The second-order valence-electron chi connectivity index (χ2n) is 19.6. The zero-order valence-corrected chi connectivity index (χ0v) is 40.1. The Hall–Kier alpha value is -4.75. The molecule has 4 aromatic carbocycles. The quantitative estimate of drug-likeness (QED) is 0.121. The van der Waals surface area contributed by atoms with Gasteiger partial charge in [0.15, 0.2) is 0 Å². The van der Waals surface area contributed by atoms with Crippen LogP contribution in [0.2, 0.25) is 0 Å². The molecule has 0 bridgehead atoms. The predicted molar refractivity (Wildman–Crippen MR) is 257 cm³/mol. The normalized spacial score (nSPS) is 12.2. The average molecular weight is 907 g/mol. The van der Waals surface area contributed by atoms with E-state index in [2.05, 4.69) is 192 Å². The van der Waals surface area contributed by atoms with Crippen molar-refractivity contribution in [3.8, 4) is 63.4 Å². The van der Waals surface area contributed by atoms with Crippen LogP contribution in [0, 0.1) is 5.41 Å². The van der Waals surface area contributed by atoms with Gasteiger partial charge in [-0.3, -0.25) is 0 Å². The second kappa shape index (κ2) is 17.7. The van der Waals surface area contributed by atoms with E-state index in [1.807, 2.05) is 18.5 Å². The zero-order valence-electron chi connectivity index (χ0n) is 37.8. The molecular formula is C56H62N2OTe. The van der Waals surface area contributed by atoms with Crippen LogP contribution in [0.5, 0.6) is 11.5 Å². The molecule has 0 saturated carbocycles. The SMILES string of the molecule is CC(C)c1cc(C(C)C)c(-c2[te]c(-c3ccccn3)cc2Oc2cc(-c3cc(-c4ccc(-c5ccc(CC(C)(C)C)cc5)cc4)ccn3)cc(C(C)(C)C)c2)c(C(C)C)c1. The van der Waals surface area contributed by atoms with E-state index in [0.29, 0.717) is 17.8 Å². The van der Waals surface area contributed by atoms with Gasteiger partial charge in [-0.2, -0.15) is 0 Å². The Morgan fingerprint density at radius 1 is 0.550 bits per heavy atom. The first kappa shape index (κ1) is 43.3. The number of rotatable bonds is 11. The molecule has 0 aliphatic carbocycles. The molecule has 0 fully saturated rings. The number of hydrogen-bond acceptors (Lipinski definition) is 3. The van der Waals surface area contributed by atoms with Crippen molar-refractivity contribution in [3.63, 3.8) is 0 Å². The van der Waals surface area contributed by atoms with Gasteiger partial charge in [-0.05, 0) is 28.5 Å². The molecule has 0 saturated heterocycles. The van der Waals surface area contributed by atoms with Gasteiger partial charge in [0.05, 0.1) is 0 Å². The third kappa shape index (κ3) is 10.1. The molecule has 0 aliphatic rings. The monoisotopic (exact) mass is 908 g/mol. The van der Waals surface area contributed by atoms with Crippen molar-refractivity contribution in [2.45, 2.75) is 113 Å². The first-order valence-electron chi connectivity index (χ1n) is 21.7. The van der Waals surface area contributed by atoms with Gasteiger partial charge >= 0.3 is 299 Å². The molecule has 7 aromatic rings. The standard InChI is InChI=1S/C56H62N2OTe/c1-35(2)43-29-47(36(3)4)53(48(30-43)37(5)6)54-51(33-52(60-54)49-15-13-14-25-57-49)59-46-28-44(27-45(32-46)56(10,11)12)50-31-42(24-26-58-50)41-22-20-40(21-23-41)39-18-16-38(17-19-39)34-55(7,8)9/h13-33,35-37H,34H2,1-12H3. The van der Waals surface area contributed by atoms with Gasteiger partial charge in [0.2, 0.25) is 0 Å². The molecule has 0 unspecified atom stereocenters. The molecule has 4 heteroatoms. The summed E-state index contributed by atoms with van der Waals surface area (Å²) in [6, 6.07) is 42.4. The van der Waals surface area contributed by atoms with Crippen LogP contribution in [0.1, 0.15) is 129 Å². The Bertz CT molecular complexity index is 2530. The van der Waals surface area contributed by atoms with Crippen molar-refractivity contribution in [2.24, 2.45) is 5.41 Å². The van der Waals surface area contributed by atoms with Crippen molar-refractivity contribution < 1.29 is 4.74 Å². The molecule has 308 valence electrons. The third-order valence-electron chi connectivity index (χ3n) is 11.3. The molecular weight excluding hydrogens is 844 g/mol. The van der Waals surface area contributed by atoms with E-state index in [4.69, 9.17) is 14.7 Å². The van der Waals surface area contributed by atoms with Crippen LogP contribution in [0.4, 0.5) is 0 Å². The van der Waals surface area contributed by atoms with Crippen LogP contribution >= 0.6 is 0 Å². The average Bonchev–Trinajstić information content (AvgIpc) is 3.63. The fourth-order valence-corrected chi connectivity index (χ4v) is 11.2. The second-order valence-corrected chi connectivity index (χ2v) is 22.6. The minimum atomic E-state index is -0.839. The zero-order chi connectivity index (χ0) is 42.9. The Morgan fingerprint density at radius 3 is 1.70 bits per heavy atom. The summed E-state index contributed by atoms with van der Waals surface area (Å²) in [4.78, 5) is 9.77. The summed E-state index contributed by atoms with van der Waals surface area (Å²) in [5.74, 6) is 2.96. The Kier molecular flexibility index (Phi) is 12.8. The molecule has 7 rings (SSSR count). The van der Waals surface area contributed by atoms with Gasteiger partial charge in [0.25, 0.3) is 0 Å². The number of ether oxygens (including phenoxy) is 1. The van der Waals surface area contributed by atoms with Gasteiger partial charge in [-0.15, -0.1) is 0 Å². The molecule has 60 heavy (non-hydrogen) atoms. The molecule has 3 heterocycles. The molecule has 3 aromatic heterocycles. The molecule has 0 amide bonds. The molecule has 0 aliphatic heterocycles. The number of benzene rings is 4. The number of nitrogens with zero attached hydrogens (tertiary/aromatic N) is 2.